The van der Waals surface area contributed by atoms with Crippen LogP contribution in [-0.4, -0.2) is 15.7 Å². The standard InChI is InChI=1S/C22H20BrN3O3/c1-2-26-13-19(23)20(25-26)12-24-22(27)21-10-9-18(29-21)14-28-17-8-7-15-5-3-4-6-16(15)11-17/h3-11,13H,2,12,14H2,1H3,(H,24,27). The van der Waals surface area contributed by atoms with Gasteiger partial charge in [0.05, 0.1) is 16.7 Å². The lowest BCUT2D eigenvalue weighted by molar-refractivity contribution is 0.0918. The van der Waals surface area contributed by atoms with Gasteiger partial charge in [0.1, 0.15) is 18.1 Å². The van der Waals surface area contributed by atoms with E-state index in [0.717, 1.165) is 33.2 Å². The quantitative estimate of drug-likeness (QED) is 0.431. The Bertz CT molecular complexity index is 1150. The molecule has 0 fully saturated rings. The molecule has 0 aliphatic carbocycles. The van der Waals surface area contributed by atoms with Crippen molar-refractivity contribution in [3.8, 4) is 5.75 Å². The van der Waals surface area contributed by atoms with Gasteiger partial charge in [-0.3, -0.25) is 9.48 Å². The molecule has 0 radical (unpaired) electrons. The van der Waals surface area contributed by atoms with E-state index >= 15 is 0 Å². The zero-order valence-corrected chi connectivity index (χ0v) is 17.5. The van der Waals surface area contributed by atoms with E-state index in [9.17, 15) is 4.79 Å². The third kappa shape index (κ3) is 4.51. The summed E-state index contributed by atoms with van der Waals surface area (Å²) in [5.74, 6) is 1.29. The predicted molar refractivity (Wildman–Crippen MR) is 114 cm³/mol. The summed E-state index contributed by atoms with van der Waals surface area (Å²) in [5.41, 5.74) is 0.770. The molecule has 0 spiro atoms. The highest BCUT2D eigenvalue weighted by Gasteiger charge is 2.13. The van der Waals surface area contributed by atoms with Crippen molar-refractivity contribution in [3.05, 3.63) is 82.5 Å². The van der Waals surface area contributed by atoms with Crippen LogP contribution in [0.5, 0.6) is 5.75 Å². The number of rotatable bonds is 7. The van der Waals surface area contributed by atoms with Gasteiger partial charge in [-0.25, -0.2) is 0 Å². The Morgan fingerprint density at radius 1 is 1.17 bits per heavy atom. The number of halogens is 1. The van der Waals surface area contributed by atoms with E-state index in [1.54, 1.807) is 16.8 Å². The summed E-state index contributed by atoms with van der Waals surface area (Å²) in [4.78, 5) is 12.3. The van der Waals surface area contributed by atoms with Gasteiger partial charge in [-0.05, 0) is 57.9 Å². The van der Waals surface area contributed by atoms with Gasteiger partial charge < -0.3 is 14.5 Å². The maximum absolute atomic E-state index is 12.3. The van der Waals surface area contributed by atoms with Gasteiger partial charge in [-0.15, -0.1) is 0 Å². The minimum Gasteiger partial charge on any atom is -0.486 e. The number of ether oxygens (including phenoxy) is 1. The van der Waals surface area contributed by atoms with E-state index in [-0.39, 0.29) is 18.3 Å². The summed E-state index contributed by atoms with van der Waals surface area (Å²) < 4.78 is 14.1. The summed E-state index contributed by atoms with van der Waals surface area (Å²) in [5, 5.41) is 9.48. The van der Waals surface area contributed by atoms with Crippen molar-refractivity contribution < 1.29 is 13.9 Å². The molecule has 0 bridgehead atoms. The highest BCUT2D eigenvalue weighted by Crippen LogP contribution is 2.22. The predicted octanol–water partition coefficient (Wildman–Crippen LogP) is 4.92. The fourth-order valence-corrected chi connectivity index (χ4v) is 3.41. The summed E-state index contributed by atoms with van der Waals surface area (Å²) >= 11 is 3.45. The fourth-order valence-electron chi connectivity index (χ4n) is 2.96. The van der Waals surface area contributed by atoms with Crippen molar-refractivity contribution in [1.29, 1.82) is 0 Å². The molecule has 7 heteroatoms. The van der Waals surface area contributed by atoms with Crippen LogP contribution in [0, 0.1) is 0 Å². The Morgan fingerprint density at radius 3 is 2.79 bits per heavy atom. The number of hydrogen-bond acceptors (Lipinski definition) is 4. The number of furan rings is 1. The van der Waals surface area contributed by atoms with Crippen molar-refractivity contribution in [1.82, 2.24) is 15.1 Å². The molecule has 0 saturated carbocycles. The maximum Gasteiger partial charge on any atom is 0.287 e. The lowest BCUT2D eigenvalue weighted by atomic mass is 10.1. The Labute approximate surface area is 176 Å². The molecular formula is C22H20BrN3O3. The molecule has 2 aromatic carbocycles. The van der Waals surface area contributed by atoms with Crippen LogP contribution < -0.4 is 10.1 Å². The van der Waals surface area contributed by atoms with Crippen LogP contribution in [0.4, 0.5) is 0 Å². The molecule has 0 aliphatic heterocycles. The van der Waals surface area contributed by atoms with Gasteiger partial charge in [0.15, 0.2) is 5.76 Å². The number of amides is 1. The largest absolute Gasteiger partial charge is 0.486 e. The smallest absolute Gasteiger partial charge is 0.287 e. The minimum atomic E-state index is -0.292. The van der Waals surface area contributed by atoms with Gasteiger partial charge in [0, 0.05) is 12.7 Å². The molecular weight excluding hydrogens is 434 g/mol. The Morgan fingerprint density at radius 2 is 2.00 bits per heavy atom. The first-order chi connectivity index (χ1) is 14.1. The van der Waals surface area contributed by atoms with Crippen LogP contribution in [-0.2, 0) is 19.7 Å². The van der Waals surface area contributed by atoms with Crippen LogP contribution >= 0.6 is 15.9 Å². The van der Waals surface area contributed by atoms with Crippen LogP contribution in [0.2, 0.25) is 0 Å². The molecule has 0 unspecified atom stereocenters. The number of aryl methyl sites for hydroxylation is 1. The van der Waals surface area contributed by atoms with Gasteiger partial charge in [-0.1, -0.05) is 30.3 Å². The van der Waals surface area contributed by atoms with Crippen molar-refractivity contribution in [3.63, 3.8) is 0 Å². The molecule has 29 heavy (non-hydrogen) atoms. The third-order valence-corrected chi connectivity index (χ3v) is 5.18. The topological polar surface area (TPSA) is 69.3 Å². The first kappa shape index (κ1) is 19.3. The van der Waals surface area contributed by atoms with Crippen LogP contribution in [0.1, 0.15) is 28.9 Å². The monoisotopic (exact) mass is 453 g/mol. The number of aromatic nitrogens is 2. The second-order valence-corrected chi connectivity index (χ2v) is 7.38. The molecule has 2 heterocycles. The van der Waals surface area contributed by atoms with E-state index in [0.29, 0.717) is 12.3 Å². The molecule has 4 aromatic rings. The molecule has 6 nitrogen and oxygen atoms in total. The highest BCUT2D eigenvalue weighted by molar-refractivity contribution is 9.10. The van der Waals surface area contributed by atoms with Crippen molar-refractivity contribution in [2.45, 2.75) is 26.6 Å². The molecule has 0 aliphatic rings. The Kier molecular flexibility index (Phi) is 5.67. The number of fused-ring (bicyclic) bond motifs is 1. The van der Waals surface area contributed by atoms with E-state index < -0.39 is 0 Å². The normalized spacial score (nSPS) is 11.0. The number of hydrogen-bond donors (Lipinski definition) is 1. The third-order valence-electron chi connectivity index (χ3n) is 4.52. The van der Waals surface area contributed by atoms with Crippen molar-refractivity contribution in [2.75, 3.05) is 0 Å². The first-order valence-corrected chi connectivity index (χ1v) is 10.1. The van der Waals surface area contributed by atoms with E-state index in [1.165, 1.54) is 0 Å². The van der Waals surface area contributed by atoms with E-state index in [4.69, 9.17) is 9.15 Å². The second kappa shape index (κ2) is 8.53. The molecule has 4 rings (SSSR count). The number of benzene rings is 2. The molecule has 1 N–H and O–H groups in total. The molecule has 0 saturated heterocycles. The molecule has 2 aromatic heterocycles. The van der Waals surface area contributed by atoms with Crippen molar-refractivity contribution in [2.24, 2.45) is 0 Å². The van der Waals surface area contributed by atoms with Gasteiger partial charge in [0.25, 0.3) is 5.91 Å². The molecule has 148 valence electrons. The zero-order chi connectivity index (χ0) is 20.2. The SMILES string of the molecule is CCn1cc(Br)c(CNC(=O)c2ccc(COc3ccc4ccccc4c3)o2)n1. The van der Waals surface area contributed by atoms with Gasteiger partial charge in [0.2, 0.25) is 0 Å². The summed E-state index contributed by atoms with van der Waals surface area (Å²) in [6.45, 7) is 3.34. The minimum absolute atomic E-state index is 0.244. The van der Waals surface area contributed by atoms with Crippen LogP contribution in [0.15, 0.2) is 69.7 Å². The number of nitrogens with one attached hydrogen (secondary N) is 1. The zero-order valence-electron chi connectivity index (χ0n) is 15.9. The highest BCUT2D eigenvalue weighted by atomic mass is 79.9. The average Bonchev–Trinajstić information content (AvgIpc) is 3.37. The lowest BCUT2D eigenvalue weighted by Gasteiger charge is -2.06. The van der Waals surface area contributed by atoms with Crippen molar-refractivity contribution >= 4 is 32.6 Å². The Hall–Kier alpha value is -3.06. The number of carbonyl (C=O) groups is 1. The molecule has 0 atom stereocenters. The van der Waals surface area contributed by atoms with Crippen LogP contribution in [0.3, 0.4) is 0 Å². The molecule has 1 amide bonds. The van der Waals surface area contributed by atoms with E-state index in [2.05, 4.69) is 32.4 Å². The number of carbonyl (C=O) groups excluding carboxylic acids is 1. The summed E-state index contributed by atoms with van der Waals surface area (Å²) in [7, 11) is 0. The lowest BCUT2D eigenvalue weighted by Crippen LogP contribution is -2.22. The second-order valence-electron chi connectivity index (χ2n) is 6.53. The number of nitrogens with zero attached hydrogens (tertiary/aromatic N) is 2. The van der Waals surface area contributed by atoms with Crippen LogP contribution in [0.25, 0.3) is 10.8 Å². The summed E-state index contributed by atoms with van der Waals surface area (Å²) in [6, 6.07) is 17.4. The summed E-state index contributed by atoms with van der Waals surface area (Å²) in [6.07, 6.45) is 1.89. The Balaban J connectivity index is 1.34. The van der Waals surface area contributed by atoms with E-state index in [1.807, 2.05) is 49.5 Å². The maximum atomic E-state index is 12.3. The first-order valence-electron chi connectivity index (χ1n) is 9.32. The van der Waals surface area contributed by atoms with Gasteiger partial charge in [-0.2, -0.15) is 5.10 Å². The van der Waals surface area contributed by atoms with Gasteiger partial charge >= 0.3 is 0 Å². The average molecular weight is 454 g/mol. The fraction of sp³-hybridized carbons (Fsp3) is 0.182.